The number of hydrogen-bond acceptors (Lipinski definition) is 5. The van der Waals surface area contributed by atoms with Crippen molar-refractivity contribution in [3.63, 3.8) is 0 Å². The SMILES string of the molecule is CCOC(=O)N1CCN(C(=O)c2cn(CC=Cc3ccccc3)nn2)CC1. The van der Waals surface area contributed by atoms with Crippen LogP contribution in [0.5, 0.6) is 0 Å². The summed E-state index contributed by atoms with van der Waals surface area (Å²) in [6, 6.07) is 9.96. The Kier molecular flexibility index (Phi) is 6.19. The molecule has 1 aliphatic heterocycles. The lowest BCUT2D eigenvalue weighted by Gasteiger charge is -2.33. The van der Waals surface area contributed by atoms with E-state index in [1.807, 2.05) is 42.5 Å². The maximum absolute atomic E-state index is 12.6. The van der Waals surface area contributed by atoms with Gasteiger partial charge in [0.2, 0.25) is 0 Å². The Bertz CT molecular complexity index is 795. The van der Waals surface area contributed by atoms with Crippen LogP contribution in [0, 0.1) is 0 Å². The molecule has 8 heteroatoms. The van der Waals surface area contributed by atoms with Crippen LogP contribution in [0.4, 0.5) is 4.79 Å². The van der Waals surface area contributed by atoms with Gasteiger partial charge in [-0.3, -0.25) is 4.79 Å². The minimum absolute atomic E-state index is 0.170. The molecule has 2 heterocycles. The molecule has 27 heavy (non-hydrogen) atoms. The van der Waals surface area contributed by atoms with Crippen LogP contribution >= 0.6 is 0 Å². The first-order chi connectivity index (χ1) is 13.2. The first-order valence-corrected chi connectivity index (χ1v) is 9.00. The standard InChI is InChI=1S/C19H23N5O3/c1-2-27-19(26)23-13-11-22(12-14-23)18(25)17-15-24(21-20-17)10-6-9-16-7-4-3-5-8-16/h3-9,15H,2,10-14H2,1H3. The van der Waals surface area contributed by atoms with E-state index >= 15 is 0 Å². The van der Waals surface area contributed by atoms with Crippen molar-refractivity contribution in [2.45, 2.75) is 13.5 Å². The van der Waals surface area contributed by atoms with Gasteiger partial charge in [0, 0.05) is 26.2 Å². The number of carbonyl (C=O) groups is 2. The van der Waals surface area contributed by atoms with E-state index in [0.29, 0.717) is 45.0 Å². The second-order valence-corrected chi connectivity index (χ2v) is 6.12. The number of allylic oxidation sites excluding steroid dienone is 1. The number of ether oxygens (including phenoxy) is 1. The fourth-order valence-electron chi connectivity index (χ4n) is 2.82. The summed E-state index contributed by atoms with van der Waals surface area (Å²) in [6.45, 7) is 4.48. The van der Waals surface area contributed by atoms with Gasteiger partial charge in [0.05, 0.1) is 19.3 Å². The zero-order valence-electron chi connectivity index (χ0n) is 15.3. The molecule has 0 spiro atoms. The Hall–Kier alpha value is -3.16. The first kappa shape index (κ1) is 18.6. The van der Waals surface area contributed by atoms with Crippen molar-refractivity contribution in [1.82, 2.24) is 24.8 Å². The maximum atomic E-state index is 12.6. The average Bonchev–Trinajstić information content (AvgIpc) is 3.17. The van der Waals surface area contributed by atoms with Gasteiger partial charge in [0.25, 0.3) is 5.91 Å². The quantitative estimate of drug-likeness (QED) is 0.804. The average molecular weight is 369 g/mol. The molecule has 0 saturated carbocycles. The molecular formula is C19H23N5O3. The molecule has 142 valence electrons. The summed E-state index contributed by atoms with van der Waals surface area (Å²) < 4.78 is 6.61. The van der Waals surface area contributed by atoms with E-state index in [0.717, 1.165) is 5.56 Å². The van der Waals surface area contributed by atoms with Crippen LogP contribution in [0.2, 0.25) is 0 Å². The van der Waals surface area contributed by atoms with Crippen molar-refractivity contribution >= 4 is 18.1 Å². The fourth-order valence-corrected chi connectivity index (χ4v) is 2.82. The number of hydrogen-bond donors (Lipinski definition) is 0. The Morgan fingerprint density at radius 3 is 2.52 bits per heavy atom. The highest BCUT2D eigenvalue weighted by Gasteiger charge is 2.26. The van der Waals surface area contributed by atoms with Crippen LogP contribution in [0.25, 0.3) is 6.08 Å². The van der Waals surface area contributed by atoms with Gasteiger partial charge in [-0.25, -0.2) is 9.48 Å². The van der Waals surface area contributed by atoms with Gasteiger partial charge >= 0.3 is 6.09 Å². The molecule has 0 atom stereocenters. The van der Waals surface area contributed by atoms with Crippen molar-refractivity contribution in [3.8, 4) is 0 Å². The minimum atomic E-state index is -0.333. The van der Waals surface area contributed by atoms with E-state index < -0.39 is 0 Å². The predicted octanol–water partition coefficient (Wildman–Crippen LogP) is 1.91. The Morgan fingerprint density at radius 2 is 1.81 bits per heavy atom. The molecule has 1 aromatic heterocycles. The second kappa shape index (κ2) is 8.98. The third-order valence-electron chi connectivity index (χ3n) is 4.25. The molecule has 0 aliphatic carbocycles. The number of aromatic nitrogens is 3. The predicted molar refractivity (Wildman–Crippen MR) is 100.0 cm³/mol. The molecule has 1 saturated heterocycles. The Morgan fingerprint density at radius 1 is 1.11 bits per heavy atom. The number of nitrogens with zero attached hydrogens (tertiary/aromatic N) is 5. The molecule has 0 radical (unpaired) electrons. The first-order valence-electron chi connectivity index (χ1n) is 9.00. The topological polar surface area (TPSA) is 80.6 Å². The van der Waals surface area contributed by atoms with Gasteiger partial charge in [-0.2, -0.15) is 0 Å². The van der Waals surface area contributed by atoms with Gasteiger partial charge < -0.3 is 14.5 Å². The van der Waals surface area contributed by atoms with Crippen LogP contribution in [-0.4, -0.2) is 69.6 Å². The molecule has 8 nitrogen and oxygen atoms in total. The lowest BCUT2D eigenvalue weighted by molar-refractivity contribution is 0.0566. The Balaban J connectivity index is 1.51. The highest BCUT2D eigenvalue weighted by atomic mass is 16.6. The number of benzene rings is 1. The molecular weight excluding hydrogens is 346 g/mol. The highest BCUT2D eigenvalue weighted by molar-refractivity contribution is 5.92. The van der Waals surface area contributed by atoms with Crippen molar-refractivity contribution in [2.75, 3.05) is 32.8 Å². The van der Waals surface area contributed by atoms with E-state index in [-0.39, 0.29) is 12.0 Å². The van der Waals surface area contributed by atoms with Crippen molar-refractivity contribution in [2.24, 2.45) is 0 Å². The summed E-state index contributed by atoms with van der Waals surface area (Å²) in [5.41, 5.74) is 1.42. The van der Waals surface area contributed by atoms with Gasteiger partial charge in [0.15, 0.2) is 5.69 Å². The molecule has 1 fully saturated rings. The molecule has 2 aromatic rings. The van der Waals surface area contributed by atoms with Crippen LogP contribution in [0.1, 0.15) is 23.0 Å². The number of piperazine rings is 1. The lowest BCUT2D eigenvalue weighted by Crippen LogP contribution is -2.50. The van der Waals surface area contributed by atoms with E-state index in [9.17, 15) is 9.59 Å². The summed E-state index contributed by atoms with van der Waals surface area (Å²) in [5.74, 6) is -0.170. The molecule has 0 bridgehead atoms. The molecule has 3 rings (SSSR count). The fraction of sp³-hybridized carbons (Fsp3) is 0.368. The van der Waals surface area contributed by atoms with Crippen LogP contribution in [-0.2, 0) is 11.3 Å². The smallest absolute Gasteiger partial charge is 0.409 e. The second-order valence-electron chi connectivity index (χ2n) is 6.12. The largest absolute Gasteiger partial charge is 0.450 e. The molecule has 0 N–H and O–H groups in total. The summed E-state index contributed by atoms with van der Waals surface area (Å²) in [5, 5.41) is 8.00. The molecule has 1 aromatic carbocycles. The zero-order valence-corrected chi connectivity index (χ0v) is 15.3. The summed E-state index contributed by atoms with van der Waals surface area (Å²) in [4.78, 5) is 27.6. The van der Waals surface area contributed by atoms with E-state index in [1.54, 1.807) is 27.6 Å². The van der Waals surface area contributed by atoms with Crippen LogP contribution in [0.3, 0.4) is 0 Å². The lowest BCUT2D eigenvalue weighted by atomic mass is 10.2. The summed E-state index contributed by atoms with van der Waals surface area (Å²) in [6.07, 6.45) is 5.28. The third kappa shape index (κ3) is 4.93. The Labute approximate surface area is 158 Å². The monoisotopic (exact) mass is 369 g/mol. The minimum Gasteiger partial charge on any atom is -0.450 e. The van der Waals surface area contributed by atoms with Crippen molar-refractivity contribution < 1.29 is 14.3 Å². The van der Waals surface area contributed by atoms with Crippen LogP contribution < -0.4 is 0 Å². The molecule has 1 aliphatic rings. The zero-order chi connectivity index (χ0) is 19.1. The van der Waals surface area contributed by atoms with Gasteiger partial charge in [0.1, 0.15) is 0 Å². The number of amides is 2. The number of carbonyl (C=O) groups excluding carboxylic acids is 2. The van der Waals surface area contributed by atoms with E-state index in [2.05, 4.69) is 10.3 Å². The molecule has 0 unspecified atom stereocenters. The maximum Gasteiger partial charge on any atom is 0.409 e. The van der Waals surface area contributed by atoms with Gasteiger partial charge in [-0.1, -0.05) is 47.7 Å². The van der Waals surface area contributed by atoms with E-state index in [1.165, 1.54) is 0 Å². The van der Waals surface area contributed by atoms with Crippen LogP contribution in [0.15, 0.2) is 42.6 Å². The number of rotatable bonds is 5. The normalized spacial score (nSPS) is 14.6. The molecule has 2 amide bonds. The third-order valence-corrected chi connectivity index (χ3v) is 4.25. The summed E-state index contributed by atoms with van der Waals surface area (Å²) in [7, 11) is 0. The highest BCUT2D eigenvalue weighted by Crippen LogP contribution is 2.08. The van der Waals surface area contributed by atoms with E-state index in [4.69, 9.17) is 4.74 Å². The van der Waals surface area contributed by atoms with Crippen molar-refractivity contribution in [1.29, 1.82) is 0 Å². The van der Waals surface area contributed by atoms with Gasteiger partial charge in [-0.05, 0) is 12.5 Å². The van der Waals surface area contributed by atoms with Gasteiger partial charge in [-0.15, -0.1) is 5.10 Å². The summed E-state index contributed by atoms with van der Waals surface area (Å²) >= 11 is 0. The van der Waals surface area contributed by atoms with Crippen molar-refractivity contribution in [3.05, 3.63) is 53.9 Å².